The Bertz CT molecular complexity index is 682. The predicted octanol–water partition coefficient (Wildman–Crippen LogP) is 3.52. The highest BCUT2D eigenvalue weighted by atomic mass is 79.9. The number of carbonyl (C=O) groups is 1. The third kappa shape index (κ3) is 2.53. The van der Waals surface area contributed by atoms with Gasteiger partial charge in [0.2, 0.25) is 0 Å². The van der Waals surface area contributed by atoms with Crippen molar-refractivity contribution < 1.29 is 27.6 Å². The number of alkyl halides is 3. The van der Waals surface area contributed by atoms with Crippen LogP contribution in [0.1, 0.15) is 21.8 Å². The van der Waals surface area contributed by atoms with Crippen molar-refractivity contribution in [2.24, 2.45) is 0 Å². The van der Waals surface area contributed by atoms with Crippen molar-refractivity contribution in [3.63, 3.8) is 0 Å². The molecule has 0 unspecified atom stereocenters. The SMILES string of the molecule is Cc1onc(-c2cc(C(F)(F)F)ncc2Br)c1C(=O)O. The highest BCUT2D eigenvalue weighted by Crippen LogP contribution is 2.35. The lowest BCUT2D eigenvalue weighted by Crippen LogP contribution is -2.08. The summed E-state index contributed by atoms with van der Waals surface area (Å²) in [6.45, 7) is 1.36. The van der Waals surface area contributed by atoms with E-state index in [9.17, 15) is 18.0 Å². The number of carboxylic acid groups (broad SMARTS) is 1. The van der Waals surface area contributed by atoms with Crippen molar-refractivity contribution in [3.8, 4) is 11.3 Å². The van der Waals surface area contributed by atoms with E-state index in [1.807, 2.05) is 0 Å². The van der Waals surface area contributed by atoms with Gasteiger partial charge < -0.3 is 9.63 Å². The zero-order valence-electron chi connectivity index (χ0n) is 9.82. The van der Waals surface area contributed by atoms with Crippen LogP contribution in [-0.4, -0.2) is 21.2 Å². The zero-order chi connectivity index (χ0) is 15.1. The van der Waals surface area contributed by atoms with E-state index >= 15 is 0 Å². The molecule has 20 heavy (non-hydrogen) atoms. The van der Waals surface area contributed by atoms with E-state index in [0.717, 1.165) is 6.20 Å². The molecule has 0 saturated carbocycles. The van der Waals surface area contributed by atoms with Crippen molar-refractivity contribution in [3.05, 3.63) is 33.8 Å². The lowest BCUT2D eigenvalue weighted by molar-refractivity contribution is -0.141. The Morgan fingerprint density at radius 2 is 2.10 bits per heavy atom. The van der Waals surface area contributed by atoms with Crippen LogP contribution in [0.4, 0.5) is 13.2 Å². The number of halogens is 4. The first-order valence-corrected chi connectivity index (χ1v) is 5.93. The van der Waals surface area contributed by atoms with Crippen LogP contribution < -0.4 is 0 Å². The van der Waals surface area contributed by atoms with Crippen LogP contribution in [0.3, 0.4) is 0 Å². The number of hydrogen-bond acceptors (Lipinski definition) is 4. The Morgan fingerprint density at radius 1 is 1.45 bits per heavy atom. The summed E-state index contributed by atoms with van der Waals surface area (Å²) >= 11 is 3.02. The molecule has 9 heteroatoms. The van der Waals surface area contributed by atoms with Gasteiger partial charge in [-0.25, -0.2) is 4.79 Å². The van der Waals surface area contributed by atoms with Gasteiger partial charge in [-0.2, -0.15) is 13.2 Å². The fraction of sp³-hybridized carbons (Fsp3) is 0.182. The van der Waals surface area contributed by atoms with Crippen LogP contribution in [-0.2, 0) is 6.18 Å². The van der Waals surface area contributed by atoms with Crippen LogP contribution in [0.2, 0.25) is 0 Å². The molecule has 0 aromatic carbocycles. The molecule has 0 atom stereocenters. The predicted molar refractivity (Wildman–Crippen MR) is 64.1 cm³/mol. The maximum Gasteiger partial charge on any atom is 0.433 e. The number of pyridine rings is 1. The molecule has 2 rings (SSSR count). The highest BCUT2D eigenvalue weighted by molar-refractivity contribution is 9.10. The van der Waals surface area contributed by atoms with Gasteiger partial charge in [0.1, 0.15) is 22.7 Å². The summed E-state index contributed by atoms with van der Waals surface area (Å²) in [6, 6.07) is 0.716. The van der Waals surface area contributed by atoms with Crippen LogP contribution >= 0.6 is 15.9 Å². The quantitative estimate of drug-likeness (QED) is 0.896. The molecule has 5 nitrogen and oxygen atoms in total. The maximum absolute atomic E-state index is 12.6. The van der Waals surface area contributed by atoms with E-state index in [1.54, 1.807) is 0 Å². The molecule has 0 aliphatic carbocycles. The summed E-state index contributed by atoms with van der Waals surface area (Å²) < 4.78 is 42.8. The molecule has 0 aliphatic heterocycles. The third-order valence-corrected chi connectivity index (χ3v) is 3.11. The number of aromatic nitrogens is 2. The average molecular weight is 351 g/mol. The third-order valence-electron chi connectivity index (χ3n) is 2.48. The highest BCUT2D eigenvalue weighted by Gasteiger charge is 2.34. The summed E-state index contributed by atoms with van der Waals surface area (Å²) in [5.74, 6) is -1.33. The summed E-state index contributed by atoms with van der Waals surface area (Å²) in [5, 5.41) is 12.6. The topological polar surface area (TPSA) is 76.2 Å². The molecule has 0 fully saturated rings. The molecule has 2 heterocycles. The van der Waals surface area contributed by atoms with Gasteiger partial charge in [-0.05, 0) is 28.9 Å². The van der Waals surface area contributed by atoms with Crippen molar-refractivity contribution in [2.45, 2.75) is 13.1 Å². The largest absolute Gasteiger partial charge is 0.477 e. The molecule has 0 saturated heterocycles. The van der Waals surface area contributed by atoms with Crippen molar-refractivity contribution in [1.29, 1.82) is 0 Å². The maximum atomic E-state index is 12.6. The first-order valence-electron chi connectivity index (χ1n) is 5.14. The van der Waals surface area contributed by atoms with Gasteiger partial charge in [-0.15, -0.1) is 0 Å². The number of carboxylic acids is 1. The number of rotatable bonds is 2. The molecule has 2 aromatic heterocycles. The fourth-order valence-corrected chi connectivity index (χ4v) is 1.99. The lowest BCUT2D eigenvalue weighted by Gasteiger charge is -2.08. The standard InChI is InChI=1S/C11H6BrF3N2O3/c1-4-8(10(18)19)9(17-20-4)5-2-7(11(13,14)15)16-3-6(5)12/h2-3H,1H3,(H,18,19). The van der Waals surface area contributed by atoms with E-state index in [1.165, 1.54) is 6.92 Å². The first-order chi connectivity index (χ1) is 9.21. The van der Waals surface area contributed by atoms with Gasteiger partial charge in [0, 0.05) is 16.2 Å². The van der Waals surface area contributed by atoms with Crippen LogP contribution in [0.25, 0.3) is 11.3 Å². The van der Waals surface area contributed by atoms with Gasteiger partial charge in [-0.3, -0.25) is 4.98 Å². The first kappa shape index (κ1) is 14.5. The van der Waals surface area contributed by atoms with Gasteiger partial charge >= 0.3 is 12.1 Å². The fourth-order valence-electron chi connectivity index (χ4n) is 1.58. The molecular formula is C11H6BrF3N2O3. The second-order valence-corrected chi connectivity index (χ2v) is 4.67. The van der Waals surface area contributed by atoms with E-state index in [4.69, 9.17) is 9.63 Å². The summed E-state index contributed by atoms with van der Waals surface area (Å²) in [7, 11) is 0. The van der Waals surface area contributed by atoms with E-state index < -0.39 is 17.8 Å². The van der Waals surface area contributed by atoms with E-state index in [2.05, 4.69) is 26.1 Å². The number of aryl methyl sites for hydroxylation is 1. The molecule has 0 radical (unpaired) electrons. The van der Waals surface area contributed by atoms with E-state index in [-0.39, 0.29) is 27.1 Å². The minimum Gasteiger partial charge on any atom is -0.477 e. The molecule has 2 aromatic rings. The lowest BCUT2D eigenvalue weighted by atomic mass is 10.1. The molecule has 106 valence electrons. The number of aromatic carboxylic acids is 1. The Morgan fingerprint density at radius 3 is 2.65 bits per heavy atom. The minimum absolute atomic E-state index is 0.00442. The second kappa shape index (κ2) is 4.89. The average Bonchev–Trinajstić information content (AvgIpc) is 2.70. The monoisotopic (exact) mass is 350 g/mol. The van der Waals surface area contributed by atoms with Gasteiger partial charge in [-0.1, -0.05) is 5.16 Å². The Kier molecular flexibility index (Phi) is 3.55. The van der Waals surface area contributed by atoms with Gasteiger partial charge in [0.05, 0.1) is 0 Å². The smallest absolute Gasteiger partial charge is 0.433 e. The molecule has 1 N–H and O–H groups in total. The number of hydrogen-bond donors (Lipinski definition) is 1. The zero-order valence-corrected chi connectivity index (χ0v) is 11.4. The molecular weight excluding hydrogens is 345 g/mol. The Labute approximate surface area is 118 Å². The van der Waals surface area contributed by atoms with Crippen LogP contribution in [0, 0.1) is 6.92 Å². The van der Waals surface area contributed by atoms with Crippen molar-refractivity contribution >= 4 is 21.9 Å². The van der Waals surface area contributed by atoms with Crippen LogP contribution in [0.15, 0.2) is 21.3 Å². The minimum atomic E-state index is -4.64. The van der Waals surface area contributed by atoms with Gasteiger partial charge in [0.25, 0.3) is 0 Å². The summed E-state index contributed by atoms with van der Waals surface area (Å²) in [6.07, 6.45) is -3.70. The van der Waals surface area contributed by atoms with E-state index in [0.29, 0.717) is 6.07 Å². The Hall–Kier alpha value is -1.90. The number of nitrogens with zero attached hydrogens (tertiary/aromatic N) is 2. The molecule has 0 amide bonds. The summed E-state index contributed by atoms with van der Waals surface area (Å²) in [4.78, 5) is 14.4. The van der Waals surface area contributed by atoms with Crippen molar-refractivity contribution in [2.75, 3.05) is 0 Å². The summed E-state index contributed by atoms with van der Waals surface area (Å²) in [5.41, 5.74) is -1.67. The van der Waals surface area contributed by atoms with Crippen LogP contribution in [0.5, 0.6) is 0 Å². The van der Waals surface area contributed by atoms with Gasteiger partial charge in [0.15, 0.2) is 0 Å². The van der Waals surface area contributed by atoms with Crippen molar-refractivity contribution in [1.82, 2.24) is 10.1 Å². The Balaban J connectivity index is 2.67. The molecule has 0 bridgehead atoms. The molecule has 0 aliphatic rings. The molecule has 0 spiro atoms. The normalized spacial score (nSPS) is 11.7. The second-order valence-electron chi connectivity index (χ2n) is 3.81.